The molecule has 0 aliphatic rings. The predicted molar refractivity (Wildman–Crippen MR) is 104 cm³/mol. The normalized spacial score (nSPS) is 12.1. The van der Waals surface area contributed by atoms with Crippen LogP contribution in [0.15, 0.2) is 60.7 Å². The van der Waals surface area contributed by atoms with E-state index in [4.69, 9.17) is 23.2 Å². The van der Waals surface area contributed by atoms with Crippen molar-refractivity contribution in [3.63, 3.8) is 0 Å². The molecule has 0 spiro atoms. The zero-order valence-corrected chi connectivity index (χ0v) is 15.3. The summed E-state index contributed by atoms with van der Waals surface area (Å²) in [5.74, 6) is -0.137. The largest absolute Gasteiger partial charge is 0.332 e. The molecule has 3 nitrogen and oxygen atoms in total. The first kappa shape index (κ1) is 17.7. The van der Waals surface area contributed by atoms with Crippen molar-refractivity contribution in [3.05, 3.63) is 76.3 Å². The maximum Gasteiger partial charge on any atom is 0.279 e. The van der Waals surface area contributed by atoms with E-state index in [1.807, 2.05) is 23.5 Å². The topological polar surface area (TPSA) is 45.7 Å². The summed E-state index contributed by atoms with van der Waals surface area (Å²) >= 11 is 12.2. The van der Waals surface area contributed by atoms with Gasteiger partial charge in [0.05, 0.1) is 15.7 Å². The zero-order valence-electron chi connectivity index (χ0n) is 13.8. The molecule has 1 atom stereocenters. The average molecular weight is 374 g/mol. The Morgan fingerprint density at radius 3 is 2.40 bits per heavy atom. The van der Waals surface area contributed by atoms with E-state index in [1.165, 1.54) is 16.3 Å². The number of nitrogens with one attached hydrogen (secondary N) is 1. The van der Waals surface area contributed by atoms with E-state index in [2.05, 4.69) is 36.5 Å². The molecule has 0 unspecified atom stereocenters. The van der Waals surface area contributed by atoms with E-state index in [0.29, 0.717) is 15.7 Å². The van der Waals surface area contributed by atoms with Crippen LogP contribution in [0.3, 0.4) is 0 Å². The highest BCUT2D eigenvalue weighted by Crippen LogP contribution is 2.29. The van der Waals surface area contributed by atoms with Gasteiger partial charge in [0.2, 0.25) is 0 Å². The van der Waals surface area contributed by atoms with Crippen molar-refractivity contribution in [2.75, 3.05) is 11.9 Å². The molecule has 3 aromatic rings. The Morgan fingerprint density at radius 2 is 1.64 bits per heavy atom. The molecule has 3 N–H and O–H groups in total. The highest BCUT2D eigenvalue weighted by atomic mass is 35.5. The van der Waals surface area contributed by atoms with E-state index in [9.17, 15) is 4.79 Å². The lowest BCUT2D eigenvalue weighted by Crippen LogP contribution is -2.86. The molecule has 1 amide bonds. The number of amides is 1. The Labute approximate surface area is 156 Å². The van der Waals surface area contributed by atoms with Crippen molar-refractivity contribution in [2.45, 2.75) is 13.0 Å². The number of hydrogen-bond donors (Lipinski definition) is 2. The summed E-state index contributed by atoms with van der Waals surface area (Å²) in [6.45, 7) is 2.38. The summed E-state index contributed by atoms with van der Waals surface area (Å²) in [5.41, 5.74) is 1.67. The third-order valence-electron chi connectivity index (χ3n) is 4.20. The number of rotatable bonds is 5. The number of anilines is 1. The molecule has 5 heteroatoms. The fourth-order valence-corrected chi connectivity index (χ4v) is 3.36. The number of para-hydroxylation sites is 1. The van der Waals surface area contributed by atoms with Crippen LogP contribution >= 0.6 is 23.2 Å². The van der Waals surface area contributed by atoms with Crippen molar-refractivity contribution in [1.82, 2.24) is 0 Å². The molecule has 0 radical (unpaired) electrons. The maximum atomic E-state index is 12.3. The number of carbonyl (C=O) groups is 1. The van der Waals surface area contributed by atoms with E-state index in [-0.39, 0.29) is 18.5 Å². The van der Waals surface area contributed by atoms with Gasteiger partial charge in [-0.2, -0.15) is 0 Å². The van der Waals surface area contributed by atoms with Crippen LogP contribution < -0.4 is 10.6 Å². The molecule has 0 bridgehead atoms. The standard InChI is InChI=1S/C20H18Cl2N2O/c1-13(15-9-4-7-14-6-2-3-8-16(14)15)23-12-19(25)24-20-17(21)10-5-11-18(20)22/h2-11,13,23H,12H2,1H3,(H,24,25)/p+1/t13-/m1/s1. The van der Waals surface area contributed by atoms with Crippen molar-refractivity contribution >= 4 is 45.6 Å². The van der Waals surface area contributed by atoms with Crippen LogP contribution in [0.1, 0.15) is 18.5 Å². The molecule has 0 aliphatic heterocycles. The summed E-state index contributed by atoms with van der Waals surface area (Å²) in [6.07, 6.45) is 0. The van der Waals surface area contributed by atoms with E-state index >= 15 is 0 Å². The first-order valence-corrected chi connectivity index (χ1v) is 8.86. The first-order valence-electron chi connectivity index (χ1n) is 8.11. The van der Waals surface area contributed by atoms with Crippen LogP contribution in [0.25, 0.3) is 10.8 Å². The number of benzene rings is 3. The number of quaternary nitrogens is 1. The molecule has 0 saturated heterocycles. The molecular formula is C20H19Cl2N2O+. The van der Waals surface area contributed by atoms with Crippen LogP contribution in [-0.2, 0) is 4.79 Å². The highest BCUT2D eigenvalue weighted by Gasteiger charge is 2.15. The molecule has 0 saturated carbocycles. The summed E-state index contributed by atoms with van der Waals surface area (Å²) in [7, 11) is 0. The molecule has 0 aliphatic carbocycles. The molecular weight excluding hydrogens is 355 g/mol. The molecule has 25 heavy (non-hydrogen) atoms. The van der Waals surface area contributed by atoms with Crippen LogP contribution in [0.5, 0.6) is 0 Å². The molecule has 0 fully saturated rings. The van der Waals surface area contributed by atoms with Crippen molar-refractivity contribution in [1.29, 1.82) is 0 Å². The number of nitrogens with two attached hydrogens (primary N) is 1. The molecule has 3 aromatic carbocycles. The zero-order chi connectivity index (χ0) is 17.8. The lowest BCUT2D eigenvalue weighted by atomic mass is 10.00. The number of fused-ring (bicyclic) bond motifs is 1. The van der Waals surface area contributed by atoms with Gasteiger partial charge >= 0.3 is 0 Å². The summed E-state index contributed by atoms with van der Waals surface area (Å²) < 4.78 is 0. The second-order valence-electron chi connectivity index (χ2n) is 5.94. The van der Waals surface area contributed by atoms with Crippen LogP contribution in [0, 0.1) is 0 Å². The SMILES string of the molecule is C[C@@H]([NH2+]CC(=O)Nc1c(Cl)cccc1Cl)c1cccc2ccccc12. The second-order valence-corrected chi connectivity index (χ2v) is 6.76. The molecule has 0 aromatic heterocycles. The number of halogens is 2. The van der Waals surface area contributed by atoms with E-state index < -0.39 is 0 Å². The minimum atomic E-state index is -0.137. The minimum Gasteiger partial charge on any atom is -0.332 e. The monoisotopic (exact) mass is 373 g/mol. The maximum absolute atomic E-state index is 12.3. The molecule has 0 heterocycles. The quantitative estimate of drug-likeness (QED) is 0.683. The van der Waals surface area contributed by atoms with Crippen LogP contribution in [-0.4, -0.2) is 12.5 Å². The van der Waals surface area contributed by atoms with E-state index in [0.717, 1.165) is 0 Å². The second kappa shape index (κ2) is 7.87. The Morgan fingerprint density at radius 1 is 1.00 bits per heavy atom. The van der Waals surface area contributed by atoms with Gasteiger partial charge in [0, 0.05) is 5.56 Å². The third-order valence-corrected chi connectivity index (χ3v) is 4.83. The average Bonchev–Trinajstić information content (AvgIpc) is 2.62. The number of hydrogen-bond acceptors (Lipinski definition) is 1. The summed E-state index contributed by atoms with van der Waals surface area (Å²) in [5, 5.41) is 8.07. The van der Waals surface area contributed by atoms with Crippen LogP contribution in [0.4, 0.5) is 5.69 Å². The van der Waals surface area contributed by atoms with E-state index in [1.54, 1.807) is 18.2 Å². The lowest BCUT2D eigenvalue weighted by Gasteiger charge is -2.14. The lowest BCUT2D eigenvalue weighted by molar-refractivity contribution is -0.682. The fourth-order valence-electron chi connectivity index (χ4n) is 2.87. The minimum absolute atomic E-state index is 0.137. The van der Waals surface area contributed by atoms with Crippen LogP contribution in [0.2, 0.25) is 10.0 Å². The van der Waals surface area contributed by atoms with Gasteiger partial charge in [0.15, 0.2) is 6.54 Å². The number of carbonyl (C=O) groups excluding carboxylic acids is 1. The van der Waals surface area contributed by atoms with Crippen molar-refractivity contribution in [3.8, 4) is 0 Å². The van der Waals surface area contributed by atoms with Gasteiger partial charge in [0.25, 0.3) is 5.91 Å². The van der Waals surface area contributed by atoms with Crippen molar-refractivity contribution < 1.29 is 10.1 Å². The van der Waals surface area contributed by atoms with Gasteiger partial charge < -0.3 is 10.6 Å². The Balaban J connectivity index is 1.67. The third kappa shape index (κ3) is 4.13. The first-order chi connectivity index (χ1) is 12.1. The van der Waals surface area contributed by atoms with Gasteiger partial charge in [-0.3, -0.25) is 4.79 Å². The van der Waals surface area contributed by atoms with Gasteiger partial charge in [-0.1, -0.05) is 71.7 Å². The molecule has 3 rings (SSSR count). The Kier molecular flexibility index (Phi) is 5.59. The van der Waals surface area contributed by atoms with Crippen molar-refractivity contribution in [2.24, 2.45) is 0 Å². The fraction of sp³-hybridized carbons (Fsp3) is 0.150. The smallest absolute Gasteiger partial charge is 0.279 e. The van der Waals surface area contributed by atoms with Gasteiger partial charge in [0.1, 0.15) is 6.04 Å². The highest BCUT2D eigenvalue weighted by molar-refractivity contribution is 6.39. The Hall–Kier alpha value is -2.07. The molecule has 128 valence electrons. The predicted octanol–water partition coefficient (Wildman–Crippen LogP) is 4.41. The van der Waals surface area contributed by atoms with Gasteiger partial charge in [-0.25, -0.2) is 0 Å². The Bertz CT molecular complexity index is 886. The summed E-state index contributed by atoms with van der Waals surface area (Å²) in [4.78, 5) is 12.3. The van der Waals surface area contributed by atoms with Gasteiger partial charge in [-0.15, -0.1) is 0 Å². The van der Waals surface area contributed by atoms with Gasteiger partial charge in [-0.05, 0) is 29.8 Å². The summed E-state index contributed by atoms with van der Waals surface area (Å²) in [6, 6.07) is 19.8.